The maximum Gasteiger partial charge on any atom is 0.0781 e. The Morgan fingerprint density at radius 1 is 1.25 bits per heavy atom. The zero-order chi connectivity index (χ0) is 11.8. The Morgan fingerprint density at radius 3 is 2.44 bits per heavy atom. The van der Waals surface area contributed by atoms with Gasteiger partial charge in [-0.1, -0.05) is 25.1 Å². The minimum atomic E-state index is -0.414. The van der Waals surface area contributed by atoms with Gasteiger partial charge in [0, 0.05) is 17.3 Å². The van der Waals surface area contributed by atoms with E-state index in [0.717, 1.165) is 11.3 Å². The van der Waals surface area contributed by atoms with E-state index in [1.165, 1.54) is 12.8 Å². The SMILES string of the molecule is CC(O)c1ccccc1NC(C)C1(C)CC1. The van der Waals surface area contributed by atoms with Crippen LogP contribution in [-0.2, 0) is 0 Å². The highest BCUT2D eigenvalue weighted by Gasteiger charge is 2.42. The van der Waals surface area contributed by atoms with Gasteiger partial charge in [-0.2, -0.15) is 0 Å². The molecule has 1 aromatic rings. The average Bonchev–Trinajstić information content (AvgIpc) is 2.98. The van der Waals surface area contributed by atoms with Crippen molar-refractivity contribution in [2.24, 2.45) is 5.41 Å². The Kier molecular flexibility index (Phi) is 2.94. The summed E-state index contributed by atoms with van der Waals surface area (Å²) in [6.07, 6.45) is 2.19. The molecule has 0 bridgehead atoms. The Hall–Kier alpha value is -1.02. The predicted molar refractivity (Wildman–Crippen MR) is 67.5 cm³/mol. The second-order valence-electron chi connectivity index (χ2n) is 5.28. The Bertz CT molecular complexity index is 369. The number of rotatable bonds is 4. The van der Waals surface area contributed by atoms with Gasteiger partial charge in [-0.3, -0.25) is 0 Å². The van der Waals surface area contributed by atoms with Gasteiger partial charge in [-0.25, -0.2) is 0 Å². The molecule has 0 amide bonds. The van der Waals surface area contributed by atoms with Crippen LogP contribution in [0.3, 0.4) is 0 Å². The third-order valence-corrected chi connectivity index (χ3v) is 3.87. The van der Waals surface area contributed by atoms with Gasteiger partial charge >= 0.3 is 0 Å². The van der Waals surface area contributed by atoms with Crippen LogP contribution in [0.25, 0.3) is 0 Å². The highest BCUT2D eigenvalue weighted by atomic mass is 16.3. The molecule has 16 heavy (non-hydrogen) atoms. The van der Waals surface area contributed by atoms with E-state index in [-0.39, 0.29) is 0 Å². The van der Waals surface area contributed by atoms with Crippen LogP contribution in [-0.4, -0.2) is 11.1 Å². The second kappa shape index (κ2) is 4.10. The van der Waals surface area contributed by atoms with Crippen LogP contribution in [0.4, 0.5) is 5.69 Å². The largest absolute Gasteiger partial charge is 0.389 e. The highest BCUT2D eigenvalue weighted by Crippen LogP contribution is 2.49. The molecule has 1 saturated carbocycles. The first-order valence-corrected chi connectivity index (χ1v) is 6.06. The molecule has 2 rings (SSSR count). The van der Waals surface area contributed by atoms with Crippen LogP contribution in [0.1, 0.15) is 45.3 Å². The van der Waals surface area contributed by atoms with Crippen molar-refractivity contribution in [2.45, 2.75) is 45.8 Å². The maximum absolute atomic E-state index is 9.70. The summed E-state index contributed by atoms with van der Waals surface area (Å²) in [4.78, 5) is 0. The van der Waals surface area contributed by atoms with Gasteiger partial charge in [0.05, 0.1) is 6.10 Å². The Balaban J connectivity index is 2.14. The summed E-state index contributed by atoms with van der Waals surface area (Å²) in [5, 5.41) is 13.2. The lowest BCUT2D eigenvalue weighted by Gasteiger charge is -2.24. The summed E-state index contributed by atoms with van der Waals surface area (Å²) in [6, 6.07) is 8.47. The molecule has 1 aliphatic carbocycles. The van der Waals surface area contributed by atoms with E-state index < -0.39 is 6.10 Å². The third-order valence-electron chi connectivity index (χ3n) is 3.87. The number of hydrogen-bond donors (Lipinski definition) is 2. The number of anilines is 1. The molecule has 2 atom stereocenters. The fourth-order valence-corrected chi connectivity index (χ4v) is 2.03. The summed E-state index contributed by atoms with van der Waals surface area (Å²) >= 11 is 0. The zero-order valence-electron chi connectivity index (χ0n) is 10.3. The van der Waals surface area contributed by atoms with Crippen molar-refractivity contribution in [3.8, 4) is 0 Å². The fourth-order valence-electron chi connectivity index (χ4n) is 2.03. The Labute approximate surface area is 97.7 Å². The van der Waals surface area contributed by atoms with Crippen LogP contribution in [0.2, 0.25) is 0 Å². The third kappa shape index (κ3) is 2.22. The molecule has 1 fully saturated rings. The molecule has 0 radical (unpaired) electrons. The van der Waals surface area contributed by atoms with Crippen LogP contribution >= 0.6 is 0 Å². The van der Waals surface area contributed by atoms with Crippen LogP contribution < -0.4 is 5.32 Å². The highest BCUT2D eigenvalue weighted by molar-refractivity contribution is 5.53. The lowest BCUT2D eigenvalue weighted by Crippen LogP contribution is -2.25. The predicted octanol–water partition coefficient (Wildman–Crippen LogP) is 3.34. The first kappa shape index (κ1) is 11.5. The maximum atomic E-state index is 9.70. The van der Waals surface area contributed by atoms with Crippen LogP contribution in [0.5, 0.6) is 0 Å². The first-order chi connectivity index (χ1) is 7.53. The molecule has 2 unspecified atom stereocenters. The number of benzene rings is 1. The van der Waals surface area contributed by atoms with E-state index in [9.17, 15) is 5.11 Å². The summed E-state index contributed by atoms with van der Waals surface area (Å²) in [5.74, 6) is 0. The van der Waals surface area contributed by atoms with E-state index in [1.807, 2.05) is 31.2 Å². The van der Waals surface area contributed by atoms with E-state index in [1.54, 1.807) is 0 Å². The minimum absolute atomic E-state index is 0.414. The number of nitrogens with one attached hydrogen (secondary N) is 1. The molecule has 88 valence electrons. The van der Waals surface area contributed by atoms with Crippen molar-refractivity contribution < 1.29 is 5.11 Å². The molecular weight excluding hydrogens is 198 g/mol. The van der Waals surface area contributed by atoms with Gasteiger partial charge in [-0.15, -0.1) is 0 Å². The van der Waals surface area contributed by atoms with Crippen molar-refractivity contribution in [3.05, 3.63) is 29.8 Å². The van der Waals surface area contributed by atoms with Gasteiger partial charge < -0.3 is 10.4 Å². The average molecular weight is 219 g/mol. The van der Waals surface area contributed by atoms with Gasteiger partial charge in [0.15, 0.2) is 0 Å². The molecule has 0 spiro atoms. The van der Waals surface area contributed by atoms with Gasteiger partial charge in [0.25, 0.3) is 0 Å². The fraction of sp³-hybridized carbons (Fsp3) is 0.571. The monoisotopic (exact) mass is 219 g/mol. The lowest BCUT2D eigenvalue weighted by molar-refractivity contribution is 0.200. The number of aliphatic hydroxyl groups excluding tert-OH is 1. The second-order valence-corrected chi connectivity index (χ2v) is 5.28. The van der Waals surface area contributed by atoms with Crippen molar-refractivity contribution in [2.75, 3.05) is 5.32 Å². The molecule has 0 heterocycles. The minimum Gasteiger partial charge on any atom is -0.389 e. The normalized spacial score (nSPS) is 21.2. The molecule has 0 aliphatic heterocycles. The molecule has 2 heteroatoms. The summed E-state index contributed by atoms with van der Waals surface area (Å²) in [6.45, 7) is 6.35. The smallest absolute Gasteiger partial charge is 0.0781 e. The van der Waals surface area contributed by atoms with Gasteiger partial charge in [0.2, 0.25) is 0 Å². The van der Waals surface area contributed by atoms with Crippen molar-refractivity contribution in [1.82, 2.24) is 0 Å². The number of aliphatic hydroxyl groups is 1. The van der Waals surface area contributed by atoms with E-state index in [2.05, 4.69) is 19.2 Å². The van der Waals surface area contributed by atoms with E-state index in [0.29, 0.717) is 11.5 Å². The first-order valence-electron chi connectivity index (χ1n) is 6.06. The quantitative estimate of drug-likeness (QED) is 0.814. The van der Waals surface area contributed by atoms with E-state index >= 15 is 0 Å². The standard InChI is InChI=1S/C14H21NO/c1-10(16)12-6-4-5-7-13(12)15-11(2)14(3)8-9-14/h4-7,10-11,15-16H,8-9H2,1-3H3. The molecule has 2 N–H and O–H groups in total. The topological polar surface area (TPSA) is 32.3 Å². The molecule has 0 aromatic heterocycles. The van der Waals surface area contributed by atoms with E-state index in [4.69, 9.17) is 0 Å². The molecule has 1 aliphatic rings. The summed E-state index contributed by atoms with van der Waals surface area (Å²) in [5.41, 5.74) is 2.50. The van der Waals surface area contributed by atoms with Gasteiger partial charge in [0.1, 0.15) is 0 Å². The molecule has 0 saturated heterocycles. The summed E-state index contributed by atoms with van der Waals surface area (Å²) in [7, 11) is 0. The molecular formula is C14H21NO. The molecule has 2 nitrogen and oxygen atoms in total. The van der Waals surface area contributed by atoms with Crippen LogP contribution in [0, 0.1) is 5.41 Å². The number of para-hydroxylation sites is 1. The Morgan fingerprint density at radius 2 is 1.88 bits per heavy atom. The van der Waals surface area contributed by atoms with Crippen LogP contribution in [0.15, 0.2) is 24.3 Å². The van der Waals surface area contributed by atoms with Crippen molar-refractivity contribution in [3.63, 3.8) is 0 Å². The zero-order valence-corrected chi connectivity index (χ0v) is 10.3. The molecule has 1 aromatic carbocycles. The lowest BCUT2D eigenvalue weighted by atomic mass is 9.99. The summed E-state index contributed by atoms with van der Waals surface area (Å²) < 4.78 is 0. The number of hydrogen-bond acceptors (Lipinski definition) is 2. The van der Waals surface area contributed by atoms with Crippen molar-refractivity contribution >= 4 is 5.69 Å². The van der Waals surface area contributed by atoms with Crippen molar-refractivity contribution in [1.29, 1.82) is 0 Å². The van der Waals surface area contributed by atoms with Gasteiger partial charge in [-0.05, 0) is 38.2 Å².